The summed E-state index contributed by atoms with van der Waals surface area (Å²) in [6.45, 7) is 7.96. The molecular weight excluding hydrogens is 329 g/mol. The Morgan fingerprint density at radius 1 is 1.08 bits per heavy atom. The molecule has 0 amide bonds. The van der Waals surface area contributed by atoms with Gasteiger partial charge in [0.2, 0.25) is 11.7 Å². The fourth-order valence-corrected chi connectivity index (χ4v) is 2.90. The molecule has 26 heavy (non-hydrogen) atoms. The minimum atomic E-state index is -0.240. The summed E-state index contributed by atoms with van der Waals surface area (Å²) in [7, 11) is 0. The highest BCUT2D eigenvalue weighted by Crippen LogP contribution is 2.23. The molecule has 0 aliphatic heterocycles. The Labute approximate surface area is 153 Å². The van der Waals surface area contributed by atoms with Gasteiger partial charge in [-0.15, -0.1) is 0 Å². The lowest BCUT2D eigenvalue weighted by Gasteiger charge is -2.18. The quantitative estimate of drug-likeness (QED) is 0.665. The predicted molar refractivity (Wildman–Crippen MR) is 100 cm³/mol. The summed E-state index contributed by atoms with van der Waals surface area (Å²) < 4.78 is 18.8. The van der Waals surface area contributed by atoms with Crippen LogP contribution in [0.25, 0.3) is 11.4 Å². The molecule has 0 saturated carbocycles. The molecule has 3 rings (SSSR count). The standard InChI is InChI=1S/C21H24FN3O/c1-5-16-6-8-17(9-7-16)14(3)23-15(4)21-24-20(25-26-21)18-10-11-19(22)13(2)12-18/h6-12,14-15,23H,5H2,1-4H3. The SMILES string of the molecule is CCc1ccc(C(C)NC(C)c2nc(-c3ccc(F)c(C)c3)no2)cc1. The van der Waals surface area contributed by atoms with Crippen LogP contribution in [0.3, 0.4) is 0 Å². The lowest BCUT2D eigenvalue weighted by Crippen LogP contribution is -2.22. The minimum Gasteiger partial charge on any atom is -0.337 e. The second-order valence-corrected chi connectivity index (χ2v) is 6.63. The summed E-state index contributed by atoms with van der Waals surface area (Å²) in [5, 5.41) is 7.51. The smallest absolute Gasteiger partial charge is 0.243 e. The number of hydrogen-bond acceptors (Lipinski definition) is 4. The van der Waals surface area contributed by atoms with Crippen molar-refractivity contribution < 1.29 is 8.91 Å². The molecule has 0 spiro atoms. The zero-order valence-electron chi connectivity index (χ0n) is 15.6. The van der Waals surface area contributed by atoms with Gasteiger partial charge < -0.3 is 4.52 Å². The van der Waals surface area contributed by atoms with Crippen LogP contribution in [0.1, 0.15) is 55.4 Å². The van der Waals surface area contributed by atoms with Crippen LogP contribution >= 0.6 is 0 Å². The number of aryl methyl sites for hydroxylation is 2. The first-order valence-electron chi connectivity index (χ1n) is 8.93. The van der Waals surface area contributed by atoms with Crippen LogP contribution in [0, 0.1) is 12.7 Å². The highest BCUT2D eigenvalue weighted by Gasteiger charge is 2.18. The highest BCUT2D eigenvalue weighted by molar-refractivity contribution is 5.55. The van der Waals surface area contributed by atoms with Crippen LogP contribution in [0.15, 0.2) is 47.0 Å². The molecule has 1 aromatic heterocycles. The predicted octanol–water partition coefficient (Wildman–Crippen LogP) is 5.16. The molecule has 1 N–H and O–H groups in total. The van der Waals surface area contributed by atoms with Crippen molar-refractivity contribution in [2.45, 2.75) is 46.2 Å². The van der Waals surface area contributed by atoms with Gasteiger partial charge in [0, 0.05) is 11.6 Å². The second kappa shape index (κ2) is 7.79. The van der Waals surface area contributed by atoms with Crippen molar-refractivity contribution >= 4 is 0 Å². The summed E-state index contributed by atoms with van der Waals surface area (Å²) in [4.78, 5) is 4.46. The molecule has 0 radical (unpaired) electrons. The highest BCUT2D eigenvalue weighted by atomic mass is 19.1. The van der Waals surface area contributed by atoms with Crippen LogP contribution < -0.4 is 5.32 Å². The summed E-state index contributed by atoms with van der Waals surface area (Å²) in [5.74, 6) is 0.742. The molecule has 0 aliphatic carbocycles. The van der Waals surface area contributed by atoms with E-state index in [-0.39, 0.29) is 17.9 Å². The molecule has 4 nitrogen and oxygen atoms in total. The second-order valence-electron chi connectivity index (χ2n) is 6.63. The molecule has 2 aromatic carbocycles. The van der Waals surface area contributed by atoms with E-state index in [1.807, 2.05) is 6.92 Å². The molecule has 5 heteroatoms. The van der Waals surface area contributed by atoms with Gasteiger partial charge in [-0.05, 0) is 62.1 Å². The lowest BCUT2D eigenvalue weighted by atomic mass is 10.0. The molecular formula is C21H24FN3O. The van der Waals surface area contributed by atoms with E-state index < -0.39 is 0 Å². The topological polar surface area (TPSA) is 51.0 Å². The molecule has 1 heterocycles. The first kappa shape index (κ1) is 18.3. The van der Waals surface area contributed by atoms with E-state index >= 15 is 0 Å². The fourth-order valence-electron chi connectivity index (χ4n) is 2.90. The van der Waals surface area contributed by atoms with Crippen LogP contribution in [0.4, 0.5) is 4.39 Å². The first-order chi connectivity index (χ1) is 12.5. The van der Waals surface area contributed by atoms with Gasteiger partial charge in [0.05, 0.1) is 6.04 Å². The fraction of sp³-hybridized carbons (Fsp3) is 0.333. The summed E-state index contributed by atoms with van der Waals surface area (Å²) >= 11 is 0. The van der Waals surface area contributed by atoms with Gasteiger partial charge in [0.1, 0.15) is 5.82 Å². The molecule has 0 saturated heterocycles. The van der Waals surface area contributed by atoms with Gasteiger partial charge in [0.15, 0.2) is 0 Å². The average molecular weight is 353 g/mol. The van der Waals surface area contributed by atoms with Crippen molar-refractivity contribution in [3.8, 4) is 11.4 Å². The number of halogens is 1. The van der Waals surface area contributed by atoms with Gasteiger partial charge in [-0.2, -0.15) is 4.98 Å². The third-order valence-electron chi connectivity index (χ3n) is 4.62. The molecule has 0 bridgehead atoms. The zero-order chi connectivity index (χ0) is 18.7. The van der Waals surface area contributed by atoms with E-state index in [1.54, 1.807) is 19.1 Å². The van der Waals surface area contributed by atoms with E-state index in [0.717, 1.165) is 12.0 Å². The van der Waals surface area contributed by atoms with Crippen molar-refractivity contribution in [1.82, 2.24) is 15.5 Å². The summed E-state index contributed by atoms with van der Waals surface area (Å²) in [6, 6.07) is 13.4. The zero-order valence-corrected chi connectivity index (χ0v) is 15.6. The van der Waals surface area contributed by atoms with Gasteiger partial charge >= 0.3 is 0 Å². The number of nitrogens with one attached hydrogen (secondary N) is 1. The Bertz CT molecular complexity index is 873. The largest absolute Gasteiger partial charge is 0.337 e. The molecule has 3 aromatic rings. The summed E-state index contributed by atoms with van der Waals surface area (Å²) in [6.07, 6.45) is 1.03. The van der Waals surface area contributed by atoms with Crippen LogP contribution in [-0.2, 0) is 6.42 Å². The lowest BCUT2D eigenvalue weighted by molar-refractivity contribution is 0.328. The molecule has 136 valence electrons. The number of rotatable bonds is 6. The Kier molecular flexibility index (Phi) is 5.47. The van der Waals surface area contributed by atoms with Crippen LogP contribution in [-0.4, -0.2) is 10.1 Å². The van der Waals surface area contributed by atoms with Crippen molar-refractivity contribution in [2.24, 2.45) is 0 Å². The average Bonchev–Trinajstić information content (AvgIpc) is 3.14. The maximum Gasteiger partial charge on any atom is 0.243 e. The van der Waals surface area contributed by atoms with E-state index in [2.05, 4.69) is 53.6 Å². The molecule has 2 unspecified atom stereocenters. The molecule has 0 aliphatic rings. The maximum atomic E-state index is 13.4. The number of aromatic nitrogens is 2. The van der Waals surface area contributed by atoms with Crippen LogP contribution in [0.2, 0.25) is 0 Å². The Balaban J connectivity index is 1.70. The van der Waals surface area contributed by atoms with E-state index in [4.69, 9.17) is 4.52 Å². The van der Waals surface area contributed by atoms with Gasteiger partial charge in [0.25, 0.3) is 0 Å². The Morgan fingerprint density at radius 2 is 1.81 bits per heavy atom. The van der Waals surface area contributed by atoms with Crippen LogP contribution in [0.5, 0.6) is 0 Å². The van der Waals surface area contributed by atoms with Crippen molar-refractivity contribution in [3.63, 3.8) is 0 Å². The van der Waals surface area contributed by atoms with Crippen molar-refractivity contribution in [2.75, 3.05) is 0 Å². The van der Waals surface area contributed by atoms with Gasteiger partial charge in [-0.1, -0.05) is 36.3 Å². The maximum absolute atomic E-state index is 13.4. The van der Waals surface area contributed by atoms with E-state index in [9.17, 15) is 4.39 Å². The Morgan fingerprint density at radius 3 is 2.46 bits per heavy atom. The third-order valence-corrected chi connectivity index (χ3v) is 4.62. The molecule has 0 fully saturated rings. The van der Waals surface area contributed by atoms with Gasteiger partial charge in [-0.3, -0.25) is 5.32 Å². The molecule has 2 atom stereocenters. The van der Waals surface area contributed by atoms with Crippen molar-refractivity contribution in [1.29, 1.82) is 0 Å². The number of nitrogens with zero attached hydrogens (tertiary/aromatic N) is 2. The summed E-state index contributed by atoms with van der Waals surface area (Å²) in [5.41, 5.74) is 3.84. The van der Waals surface area contributed by atoms with Gasteiger partial charge in [-0.25, -0.2) is 4.39 Å². The number of benzene rings is 2. The first-order valence-corrected chi connectivity index (χ1v) is 8.93. The number of hydrogen-bond donors (Lipinski definition) is 1. The minimum absolute atomic E-state index is 0.0985. The van der Waals surface area contributed by atoms with E-state index in [0.29, 0.717) is 17.3 Å². The van der Waals surface area contributed by atoms with Crippen molar-refractivity contribution in [3.05, 3.63) is 70.9 Å². The monoisotopic (exact) mass is 353 g/mol. The normalized spacial score (nSPS) is 13.6. The van der Waals surface area contributed by atoms with E-state index in [1.165, 1.54) is 17.2 Å². The third kappa shape index (κ3) is 3.99. The Hall–Kier alpha value is -2.53.